The summed E-state index contributed by atoms with van der Waals surface area (Å²) >= 11 is 7.18. The lowest BCUT2D eigenvalue weighted by Crippen LogP contribution is -2.28. The van der Waals surface area contributed by atoms with Crippen molar-refractivity contribution in [2.75, 3.05) is 6.54 Å². The van der Waals surface area contributed by atoms with Crippen LogP contribution in [0.4, 0.5) is 0 Å². The van der Waals surface area contributed by atoms with Gasteiger partial charge < -0.3 is 5.32 Å². The second-order valence-corrected chi connectivity index (χ2v) is 6.66. The molecule has 0 saturated heterocycles. The molecule has 0 bridgehead atoms. The van der Waals surface area contributed by atoms with Crippen molar-refractivity contribution in [1.82, 2.24) is 9.88 Å². The van der Waals surface area contributed by atoms with E-state index < -0.39 is 0 Å². The maximum atomic E-state index is 12.6. The molecule has 5 heteroatoms. The third-order valence-corrected chi connectivity index (χ3v) is 6.16. The molecule has 98 valence electrons. The molecule has 0 aromatic carbocycles. The number of carbonyl (C=O) groups excluding carboxylic acids is 1. The monoisotopic (exact) mass is 374 g/mol. The summed E-state index contributed by atoms with van der Waals surface area (Å²) in [6.45, 7) is 1.80. The number of rotatable bonds is 1. The van der Waals surface area contributed by atoms with Gasteiger partial charge in [-0.2, -0.15) is 0 Å². The number of nitrogens with one attached hydrogen (secondary N) is 1. The van der Waals surface area contributed by atoms with Gasteiger partial charge in [0.05, 0.1) is 4.47 Å². The summed E-state index contributed by atoms with van der Waals surface area (Å²) in [4.78, 5) is 12.6. The molecule has 3 rings (SSSR count). The van der Waals surface area contributed by atoms with E-state index >= 15 is 0 Å². The highest BCUT2D eigenvalue weighted by atomic mass is 79.9. The zero-order valence-corrected chi connectivity index (χ0v) is 13.3. The number of halogens is 2. The summed E-state index contributed by atoms with van der Waals surface area (Å²) in [5.41, 5.74) is 2.42. The fourth-order valence-electron chi connectivity index (χ4n) is 3.05. The highest BCUT2D eigenvalue weighted by Crippen LogP contribution is 2.36. The van der Waals surface area contributed by atoms with Gasteiger partial charge in [-0.05, 0) is 44.7 Å². The van der Waals surface area contributed by atoms with Crippen LogP contribution >= 0.6 is 31.9 Å². The Bertz CT molecular complexity index is 490. The molecule has 2 aliphatic rings. The van der Waals surface area contributed by atoms with Crippen LogP contribution in [0.2, 0.25) is 0 Å². The SMILES string of the molecule is O=C(C1CCCC1)n1c(Br)c(Br)c2c1CCNC2. The Hall–Kier alpha value is -0.130. The van der Waals surface area contributed by atoms with Crippen molar-refractivity contribution in [2.24, 2.45) is 5.92 Å². The van der Waals surface area contributed by atoms with Crippen LogP contribution in [0.1, 0.15) is 41.7 Å². The molecule has 0 spiro atoms. The summed E-state index contributed by atoms with van der Waals surface area (Å²) in [6, 6.07) is 0. The lowest BCUT2D eigenvalue weighted by molar-refractivity contribution is 0.0830. The topological polar surface area (TPSA) is 34.0 Å². The van der Waals surface area contributed by atoms with Gasteiger partial charge in [-0.15, -0.1) is 0 Å². The number of hydrogen-bond acceptors (Lipinski definition) is 2. The van der Waals surface area contributed by atoms with Gasteiger partial charge in [0, 0.05) is 36.7 Å². The van der Waals surface area contributed by atoms with Crippen LogP contribution in [0.3, 0.4) is 0 Å². The minimum Gasteiger partial charge on any atom is -0.312 e. The quantitative estimate of drug-likeness (QED) is 0.815. The minimum absolute atomic E-state index is 0.222. The molecular weight excluding hydrogens is 360 g/mol. The summed E-state index contributed by atoms with van der Waals surface area (Å²) in [6.07, 6.45) is 5.42. The molecular formula is C13H16Br2N2O. The first-order chi connectivity index (χ1) is 8.70. The van der Waals surface area contributed by atoms with Crippen molar-refractivity contribution >= 4 is 37.8 Å². The molecule has 3 nitrogen and oxygen atoms in total. The number of carbonyl (C=O) groups is 1. The molecule has 1 saturated carbocycles. The highest BCUT2D eigenvalue weighted by Gasteiger charge is 2.30. The Balaban J connectivity index is 2.02. The van der Waals surface area contributed by atoms with Crippen molar-refractivity contribution in [3.8, 4) is 0 Å². The molecule has 0 atom stereocenters. The Labute approximate surface area is 124 Å². The van der Waals surface area contributed by atoms with E-state index in [4.69, 9.17) is 0 Å². The Morgan fingerprint density at radius 1 is 1.28 bits per heavy atom. The van der Waals surface area contributed by atoms with Gasteiger partial charge in [-0.1, -0.05) is 12.8 Å². The predicted octanol–water partition coefficient (Wildman–Crippen LogP) is 3.49. The van der Waals surface area contributed by atoms with Gasteiger partial charge in [0.2, 0.25) is 5.91 Å². The van der Waals surface area contributed by atoms with Crippen LogP contribution < -0.4 is 5.32 Å². The van der Waals surface area contributed by atoms with Crippen LogP contribution in [0.25, 0.3) is 0 Å². The van der Waals surface area contributed by atoms with E-state index in [0.717, 1.165) is 41.4 Å². The van der Waals surface area contributed by atoms with E-state index in [0.29, 0.717) is 0 Å². The third-order valence-electron chi connectivity index (χ3n) is 4.03. The molecule has 2 heterocycles. The van der Waals surface area contributed by atoms with Gasteiger partial charge in [-0.25, -0.2) is 0 Å². The molecule has 0 radical (unpaired) electrons. The summed E-state index contributed by atoms with van der Waals surface area (Å²) in [5, 5.41) is 3.36. The van der Waals surface area contributed by atoms with Gasteiger partial charge in [0.25, 0.3) is 0 Å². The van der Waals surface area contributed by atoms with Crippen LogP contribution in [-0.4, -0.2) is 17.0 Å². The molecule has 1 N–H and O–H groups in total. The van der Waals surface area contributed by atoms with E-state index in [9.17, 15) is 4.79 Å². The smallest absolute Gasteiger partial charge is 0.234 e. The highest BCUT2D eigenvalue weighted by molar-refractivity contribution is 9.13. The van der Waals surface area contributed by atoms with E-state index in [-0.39, 0.29) is 11.8 Å². The van der Waals surface area contributed by atoms with Crippen molar-refractivity contribution in [3.05, 3.63) is 20.3 Å². The summed E-state index contributed by atoms with van der Waals surface area (Å²) < 4.78 is 3.85. The fourth-order valence-corrected chi connectivity index (χ4v) is 4.22. The molecule has 0 unspecified atom stereocenters. The Kier molecular flexibility index (Phi) is 3.65. The molecule has 18 heavy (non-hydrogen) atoms. The second kappa shape index (κ2) is 5.10. The molecule has 1 aliphatic heterocycles. The standard InChI is InChI=1S/C13H16Br2N2O/c14-11-9-7-16-6-5-10(9)17(12(11)15)13(18)8-3-1-2-4-8/h8,16H,1-7H2. The van der Waals surface area contributed by atoms with E-state index in [1.807, 2.05) is 4.57 Å². The van der Waals surface area contributed by atoms with Crippen LogP contribution in [0, 0.1) is 5.92 Å². The van der Waals surface area contributed by atoms with Crippen molar-refractivity contribution in [3.63, 3.8) is 0 Å². The van der Waals surface area contributed by atoms with Gasteiger partial charge in [0.1, 0.15) is 4.60 Å². The number of hydrogen-bond donors (Lipinski definition) is 1. The van der Waals surface area contributed by atoms with Gasteiger partial charge in [-0.3, -0.25) is 9.36 Å². The van der Waals surface area contributed by atoms with Crippen LogP contribution in [0.5, 0.6) is 0 Å². The van der Waals surface area contributed by atoms with Crippen LogP contribution in [0.15, 0.2) is 9.08 Å². The van der Waals surface area contributed by atoms with Crippen molar-refractivity contribution < 1.29 is 4.79 Å². The minimum atomic E-state index is 0.222. The first-order valence-corrected chi connectivity index (χ1v) is 8.11. The van der Waals surface area contributed by atoms with E-state index in [2.05, 4.69) is 37.2 Å². The zero-order chi connectivity index (χ0) is 12.7. The molecule has 1 fully saturated rings. The maximum Gasteiger partial charge on any atom is 0.234 e. The zero-order valence-electron chi connectivity index (χ0n) is 10.1. The Morgan fingerprint density at radius 2 is 2.00 bits per heavy atom. The molecule has 1 aromatic rings. The van der Waals surface area contributed by atoms with Gasteiger partial charge >= 0.3 is 0 Å². The first kappa shape index (κ1) is 12.9. The van der Waals surface area contributed by atoms with Crippen LogP contribution in [-0.2, 0) is 13.0 Å². The van der Waals surface area contributed by atoms with E-state index in [1.54, 1.807) is 0 Å². The van der Waals surface area contributed by atoms with Crippen molar-refractivity contribution in [2.45, 2.75) is 38.6 Å². The molecule has 1 aromatic heterocycles. The first-order valence-electron chi connectivity index (χ1n) is 6.52. The number of nitrogens with zero attached hydrogens (tertiary/aromatic N) is 1. The number of aromatic nitrogens is 1. The second-order valence-electron chi connectivity index (χ2n) is 5.11. The number of fused-ring (bicyclic) bond motifs is 1. The third kappa shape index (κ3) is 2.00. The lowest BCUT2D eigenvalue weighted by Gasteiger charge is -2.18. The molecule has 0 amide bonds. The lowest BCUT2D eigenvalue weighted by atomic mass is 10.1. The Morgan fingerprint density at radius 3 is 2.72 bits per heavy atom. The summed E-state index contributed by atoms with van der Waals surface area (Å²) in [5.74, 6) is 0.503. The average molecular weight is 376 g/mol. The average Bonchev–Trinajstić information content (AvgIpc) is 2.99. The normalized spacial score (nSPS) is 20.1. The van der Waals surface area contributed by atoms with E-state index in [1.165, 1.54) is 24.1 Å². The fraction of sp³-hybridized carbons (Fsp3) is 0.615. The molecule has 1 aliphatic carbocycles. The van der Waals surface area contributed by atoms with Gasteiger partial charge in [0.15, 0.2) is 0 Å². The van der Waals surface area contributed by atoms with Crippen molar-refractivity contribution in [1.29, 1.82) is 0 Å². The largest absolute Gasteiger partial charge is 0.312 e. The predicted molar refractivity (Wildman–Crippen MR) is 77.8 cm³/mol. The summed E-state index contributed by atoms with van der Waals surface area (Å²) in [7, 11) is 0. The maximum absolute atomic E-state index is 12.6.